The number of carbonyl (C=O) groups is 2. The van der Waals surface area contributed by atoms with Crippen molar-refractivity contribution in [1.82, 2.24) is 0 Å². The molecule has 4 N–H and O–H groups in total. The Balaban J connectivity index is 2.50. The molecule has 1 aliphatic rings. The van der Waals surface area contributed by atoms with Crippen molar-refractivity contribution in [3.63, 3.8) is 0 Å². The smallest absolute Gasteiger partial charge is 0.306 e. The van der Waals surface area contributed by atoms with Crippen LogP contribution in [-0.4, -0.2) is 96.0 Å². The molecule has 1 rings (SSSR count). The summed E-state index contributed by atoms with van der Waals surface area (Å²) in [6, 6.07) is 0. The topological polar surface area (TPSA) is 186 Å². The molecule has 0 bridgehead atoms. The number of hydrogen-bond acceptors (Lipinski definition) is 11. The monoisotopic (exact) mass is 778 g/mol. The summed E-state index contributed by atoms with van der Waals surface area (Å²) in [6.07, 6.45) is 21.2. The molecule has 6 atom stereocenters. The van der Waals surface area contributed by atoms with Crippen LogP contribution in [-0.2, 0) is 38.7 Å². The van der Waals surface area contributed by atoms with Crippen LogP contribution in [0.1, 0.15) is 174 Å². The molecule has 1 saturated heterocycles. The van der Waals surface area contributed by atoms with E-state index >= 15 is 0 Å². The van der Waals surface area contributed by atoms with Crippen molar-refractivity contribution in [2.45, 2.75) is 211 Å². The van der Waals surface area contributed by atoms with Gasteiger partial charge in [-0.15, -0.1) is 0 Å². The highest BCUT2D eigenvalue weighted by Crippen LogP contribution is 2.24. The highest BCUT2D eigenvalue weighted by atomic mass is 32.2. The first-order chi connectivity index (χ1) is 25.5. The van der Waals surface area contributed by atoms with E-state index in [0.717, 1.165) is 57.8 Å². The third-order valence-electron chi connectivity index (χ3n) is 9.60. The predicted octanol–water partition coefficient (Wildman–Crippen LogP) is 7.50. The van der Waals surface area contributed by atoms with Crippen LogP contribution in [0.5, 0.6) is 0 Å². The lowest BCUT2D eigenvalue weighted by Crippen LogP contribution is -2.60. The number of aliphatic hydroxyl groups excluding tert-OH is 3. The summed E-state index contributed by atoms with van der Waals surface area (Å²) < 4.78 is 53.9. The molecule has 0 spiro atoms. The quantitative estimate of drug-likeness (QED) is 0.0219. The minimum absolute atomic E-state index is 0.167. The van der Waals surface area contributed by atoms with Crippen molar-refractivity contribution in [1.29, 1.82) is 0 Å². The van der Waals surface area contributed by atoms with Crippen LogP contribution in [0.25, 0.3) is 0 Å². The Labute approximate surface area is 320 Å². The Morgan fingerprint density at radius 1 is 0.623 bits per heavy atom. The zero-order valence-corrected chi connectivity index (χ0v) is 33.7. The molecule has 0 aromatic heterocycles. The lowest BCUT2D eigenvalue weighted by Gasteiger charge is -2.40. The first-order valence-electron chi connectivity index (χ1n) is 20.7. The van der Waals surface area contributed by atoms with E-state index in [0.29, 0.717) is 12.8 Å². The first kappa shape index (κ1) is 49.4. The van der Waals surface area contributed by atoms with E-state index in [-0.39, 0.29) is 19.4 Å². The van der Waals surface area contributed by atoms with Crippen molar-refractivity contribution < 1.29 is 56.8 Å². The molecular formula is C40H74O12S. The molecule has 2 unspecified atom stereocenters. The Bertz CT molecular complexity index is 1050. The van der Waals surface area contributed by atoms with Crippen molar-refractivity contribution in [3.8, 4) is 0 Å². The second-order valence-corrected chi connectivity index (χ2v) is 16.2. The maximum Gasteiger partial charge on any atom is 0.306 e. The van der Waals surface area contributed by atoms with Gasteiger partial charge in [-0.3, -0.25) is 14.1 Å². The number of allylic oxidation sites excluding steroid dienone is 2. The molecule has 0 aromatic carbocycles. The average Bonchev–Trinajstić information content (AvgIpc) is 3.12. The average molecular weight is 779 g/mol. The molecule has 312 valence electrons. The highest BCUT2D eigenvalue weighted by molar-refractivity contribution is 7.85. The van der Waals surface area contributed by atoms with Crippen LogP contribution in [0, 0.1) is 0 Å². The first-order valence-corrected chi connectivity index (χ1v) is 22.4. The summed E-state index contributed by atoms with van der Waals surface area (Å²) in [5.74, 6) is -1.99. The molecule has 1 heterocycles. The highest BCUT2D eigenvalue weighted by Gasteiger charge is 2.46. The predicted molar refractivity (Wildman–Crippen MR) is 206 cm³/mol. The molecule has 12 nitrogen and oxygen atoms in total. The Kier molecular flexibility index (Phi) is 29.4. The summed E-state index contributed by atoms with van der Waals surface area (Å²) in [5.41, 5.74) is 0. The summed E-state index contributed by atoms with van der Waals surface area (Å²) in [7, 11) is -4.59. The summed E-state index contributed by atoms with van der Waals surface area (Å²) in [6.45, 7) is 3.72. The van der Waals surface area contributed by atoms with E-state index in [9.17, 15) is 37.9 Å². The Morgan fingerprint density at radius 2 is 1.08 bits per heavy atom. The van der Waals surface area contributed by atoms with Crippen LogP contribution in [0.4, 0.5) is 0 Å². The van der Waals surface area contributed by atoms with Gasteiger partial charge in [0.2, 0.25) is 0 Å². The van der Waals surface area contributed by atoms with Gasteiger partial charge in [-0.1, -0.05) is 135 Å². The minimum Gasteiger partial charge on any atom is -0.462 e. The second kappa shape index (κ2) is 31.6. The fraction of sp³-hybridized carbons (Fsp3) is 0.900. The van der Waals surface area contributed by atoms with Gasteiger partial charge in [-0.25, -0.2) is 0 Å². The Hall–Kier alpha value is -1.61. The van der Waals surface area contributed by atoms with E-state index in [1.807, 2.05) is 0 Å². The van der Waals surface area contributed by atoms with Crippen LogP contribution >= 0.6 is 0 Å². The molecular weight excluding hydrogens is 704 g/mol. The number of carbonyl (C=O) groups excluding carboxylic acids is 2. The van der Waals surface area contributed by atoms with Crippen molar-refractivity contribution in [3.05, 3.63) is 12.2 Å². The SMILES string of the molecule is CCCCCC/C=C/CCCCCCCC(=O)OC[C@H](CO[C@H]1O[C@H](CS(=O)(=O)O)[C@@H](O)C(O)C1O)OC(=O)CCCCCCCCCCCCCC. The lowest BCUT2D eigenvalue weighted by atomic mass is 10.00. The number of rotatable bonds is 34. The van der Waals surface area contributed by atoms with Gasteiger partial charge in [0, 0.05) is 12.8 Å². The maximum absolute atomic E-state index is 12.7. The van der Waals surface area contributed by atoms with Crippen LogP contribution < -0.4 is 0 Å². The third-order valence-corrected chi connectivity index (χ3v) is 10.3. The van der Waals surface area contributed by atoms with Gasteiger partial charge < -0.3 is 34.3 Å². The van der Waals surface area contributed by atoms with Crippen molar-refractivity contribution in [2.75, 3.05) is 19.0 Å². The van der Waals surface area contributed by atoms with Crippen LogP contribution in [0.15, 0.2) is 12.2 Å². The fourth-order valence-electron chi connectivity index (χ4n) is 6.32. The van der Waals surface area contributed by atoms with Gasteiger partial charge in [-0.2, -0.15) is 8.42 Å². The van der Waals surface area contributed by atoms with E-state index in [1.165, 1.54) is 77.0 Å². The van der Waals surface area contributed by atoms with Gasteiger partial charge >= 0.3 is 11.9 Å². The standard InChI is InChI=1S/C40H74O12S/c1-3-5-7-9-11-13-15-17-19-20-22-24-26-28-35(41)49-30-33(31-50-40-39(45)38(44)37(43)34(52-40)32-53(46,47)48)51-36(42)29-27-25-23-21-18-16-14-12-10-8-6-4-2/h13,15,33-34,37-40,43-45H,3-12,14,16-32H2,1-2H3,(H,46,47,48)/b15-13+/t33-,34-,37-,38?,39?,40+/m1/s1. The third kappa shape index (κ3) is 26.8. The van der Waals surface area contributed by atoms with E-state index in [2.05, 4.69) is 26.0 Å². The molecule has 1 aliphatic heterocycles. The van der Waals surface area contributed by atoms with Gasteiger partial charge in [0.1, 0.15) is 36.8 Å². The molecule has 0 amide bonds. The minimum atomic E-state index is -4.59. The van der Waals surface area contributed by atoms with Gasteiger partial charge in [-0.05, 0) is 38.5 Å². The maximum atomic E-state index is 12.7. The molecule has 0 saturated carbocycles. The van der Waals surface area contributed by atoms with Crippen LogP contribution in [0.3, 0.4) is 0 Å². The van der Waals surface area contributed by atoms with E-state index < -0.39 is 71.2 Å². The molecule has 53 heavy (non-hydrogen) atoms. The molecule has 0 radical (unpaired) electrons. The number of ether oxygens (including phenoxy) is 4. The zero-order valence-electron chi connectivity index (χ0n) is 32.9. The summed E-state index contributed by atoms with van der Waals surface area (Å²) in [4.78, 5) is 25.3. The molecule has 0 aromatic rings. The molecule has 1 fully saturated rings. The number of unbranched alkanes of at least 4 members (excludes halogenated alkanes) is 20. The molecule has 13 heteroatoms. The Morgan fingerprint density at radius 3 is 1.58 bits per heavy atom. The van der Waals surface area contributed by atoms with Gasteiger partial charge in [0.05, 0.1) is 6.61 Å². The van der Waals surface area contributed by atoms with Crippen LogP contribution in [0.2, 0.25) is 0 Å². The normalized spacial score (nSPS) is 21.2. The largest absolute Gasteiger partial charge is 0.462 e. The number of esters is 2. The zero-order chi connectivity index (χ0) is 39.2. The summed E-state index contributed by atoms with van der Waals surface area (Å²) >= 11 is 0. The van der Waals surface area contributed by atoms with E-state index in [1.54, 1.807) is 0 Å². The second-order valence-electron chi connectivity index (χ2n) is 14.7. The van der Waals surface area contributed by atoms with Crippen molar-refractivity contribution in [2.24, 2.45) is 0 Å². The van der Waals surface area contributed by atoms with Crippen molar-refractivity contribution >= 4 is 22.1 Å². The molecule has 0 aliphatic carbocycles. The fourth-order valence-corrected chi connectivity index (χ4v) is 7.01. The van der Waals surface area contributed by atoms with Gasteiger partial charge in [0.25, 0.3) is 10.1 Å². The summed E-state index contributed by atoms with van der Waals surface area (Å²) in [5, 5.41) is 30.8. The lowest BCUT2D eigenvalue weighted by molar-refractivity contribution is -0.297. The van der Waals surface area contributed by atoms with Gasteiger partial charge in [0.15, 0.2) is 12.4 Å². The van der Waals surface area contributed by atoms with E-state index in [4.69, 9.17) is 18.9 Å². The number of aliphatic hydroxyl groups is 3. The number of hydrogen-bond donors (Lipinski definition) is 4.